The highest BCUT2D eigenvalue weighted by atomic mass is 35.5. The van der Waals surface area contributed by atoms with Gasteiger partial charge in [0.25, 0.3) is 0 Å². The van der Waals surface area contributed by atoms with Crippen molar-refractivity contribution in [3.05, 3.63) is 107 Å². The molecule has 0 atom stereocenters. The molecule has 2 heterocycles. The van der Waals surface area contributed by atoms with Gasteiger partial charge in [0.2, 0.25) is 0 Å². The van der Waals surface area contributed by atoms with Crippen molar-refractivity contribution in [1.29, 1.82) is 0 Å². The van der Waals surface area contributed by atoms with E-state index >= 15 is 0 Å². The monoisotopic (exact) mass is 456 g/mol. The molecule has 5 nitrogen and oxygen atoms in total. The zero-order valence-electron chi connectivity index (χ0n) is 18.4. The Morgan fingerprint density at radius 1 is 0.879 bits per heavy atom. The first kappa shape index (κ1) is 21.4. The summed E-state index contributed by atoms with van der Waals surface area (Å²) in [7, 11) is 0. The van der Waals surface area contributed by atoms with Gasteiger partial charge in [-0.1, -0.05) is 72.3 Å². The second-order valence-electron chi connectivity index (χ2n) is 8.33. The lowest BCUT2D eigenvalue weighted by Gasteiger charge is -2.30. The fraction of sp³-hybridized carbons (Fsp3) is 0.185. The minimum Gasteiger partial charge on any atom is -0.328 e. The first-order chi connectivity index (χ1) is 16.2. The molecule has 5 rings (SSSR count). The molecule has 0 amide bonds. The van der Waals surface area contributed by atoms with Gasteiger partial charge >= 0.3 is 0 Å². The van der Waals surface area contributed by atoms with Gasteiger partial charge in [-0.2, -0.15) is 10.2 Å². The Labute approximate surface area is 199 Å². The van der Waals surface area contributed by atoms with Crippen LogP contribution >= 0.6 is 11.6 Å². The fourth-order valence-electron chi connectivity index (χ4n) is 4.15. The summed E-state index contributed by atoms with van der Waals surface area (Å²) in [5, 5.41) is 12.7. The van der Waals surface area contributed by atoms with Crippen molar-refractivity contribution in [2.45, 2.75) is 6.54 Å². The van der Waals surface area contributed by atoms with Crippen molar-refractivity contribution in [3.8, 4) is 16.9 Å². The maximum absolute atomic E-state index is 6.01. The van der Waals surface area contributed by atoms with Gasteiger partial charge in [0.15, 0.2) is 0 Å². The van der Waals surface area contributed by atoms with Crippen LogP contribution in [0.2, 0.25) is 5.02 Å². The normalized spacial score (nSPS) is 14.8. The summed E-state index contributed by atoms with van der Waals surface area (Å²) in [6.07, 6.45) is 4.02. The second kappa shape index (κ2) is 10.0. The molecule has 6 heteroatoms. The topological polar surface area (TPSA) is 37.9 Å². The van der Waals surface area contributed by atoms with Gasteiger partial charge in [0, 0.05) is 27.9 Å². The average molecular weight is 457 g/mol. The van der Waals surface area contributed by atoms with Gasteiger partial charge in [-0.05, 0) is 24.3 Å². The van der Waals surface area contributed by atoms with Crippen molar-refractivity contribution in [2.24, 2.45) is 5.10 Å². The summed E-state index contributed by atoms with van der Waals surface area (Å²) in [5.74, 6) is 0. The fourth-order valence-corrected chi connectivity index (χ4v) is 4.28. The van der Waals surface area contributed by atoms with Crippen LogP contribution in [0.3, 0.4) is 0 Å². The molecule has 0 radical (unpaired) electrons. The van der Waals surface area contributed by atoms with Gasteiger partial charge in [-0.15, -0.1) is 0 Å². The minimum absolute atomic E-state index is 0.790. The molecule has 1 N–H and O–H groups in total. The van der Waals surface area contributed by atoms with E-state index in [-0.39, 0.29) is 0 Å². The van der Waals surface area contributed by atoms with Crippen LogP contribution in [0.1, 0.15) is 11.1 Å². The lowest BCUT2D eigenvalue weighted by Crippen LogP contribution is -3.13. The molecule has 0 saturated carbocycles. The number of piperazine rings is 1. The van der Waals surface area contributed by atoms with E-state index in [0.29, 0.717) is 0 Å². The van der Waals surface area contributed by atoms with E-state index in [1.54, 1.807) is 4.90 Å². The highest BCUT2D eigenvalue weighted by Gasteiger charge is 2.19. The third-order valence-corrected chi connectivity index (χ3v) is 6.24. The molecule has 1 aliphatic rings. The summed E-state index contributed by atoms with van der Waals surface area (Å²) in [6, 6.07) is 28.7. The zero-order chi connectivity index (χ0) is 22.5. The lowest BCUT2D eigenvalue weighted by atomic mass is 10.1. The van der Waals surface area contributed by atoms with Crippen LogP contribution < -0.4 is 4.90 Å². The quantitative estimate of drug-likeness (QED) is 0.446. The Hall–Kier alpha value is -3.41. The van der Waals surface area contributed by atoms with Gasteiger partial charge in [0.05, 0.1) is 38.1 Å². The number of hydrazone groups is 1. The van der Waals surface area contributed by atoms with Crippen LogP contribution in [0, 0.1) is 0 Å². The molecule has 3 aromatic carbocycles. The van der Waals surface area contributed by atoms with Gasteiger partial charge < -0.3 is 4.90 Å². The summed E-state index contributed by atoms with van der Waals surface area (Å²) in [6.45, 7) is 5.03. The number of rotatable bonds is 6. The summed E-state index contributed by atoms with van der Waals surface area (Å²) < 4.78 is 1.93. The number of halogens is 1. The zero-order valence-corrected chi connectivity index (χ0v) is 19.2. The Bertz CT molecular complexity index is 1190. The van der Waals surface area contributed by atoms with E-state index < -0.39 is 0 Å². The molecule has 0 aliphatic carbocycles. The first-order valence-corrected chi connectivity index (χ1v) is 11.7. The number of para-hydroxylation sites is 1. The molecule has 33 heavy (non-hydrogen) atoms. The molecule has 4 aromatic rings. The van der Waals surface area contributed by atoms with E-state index in [4.69, 9.17) is 21.8 Å². The number of benzene rings is 3. The van der Waals surface area contributed by atoms with E-state index in [1.165, 1.54) is 5.56 Å². The third kappa shape index (κ3) is 5.33. The SMILES string of the molecule is Clc1ccc(C[NH+]2CCN(/N=C\c3cn(-c4ccccc4)nc3-c3ccccc3)CC2)cc1. The van der Waals surface area contributed by atoms with Gasteiger partial charge in [-0.3, -0.25) is 5.01 Å². The first-order valence-electron chi connectivity index (χ1n) is 11.3. The van der Waals surface area contributed by atoms with E-state index in [1.807, 2.05) is 59.4 Å². The van der Waals surface area contributed by atoms with Crippen LogP contribution in [0.4, 0.5) is 0 Å². The van der Waals surface area contributed by atoms with Gasteiger partial charge in [-0.25, -0.2) is 4.68 Å². The number of hydrogen-bond donors (Lipinski definition) is 1. The standard InChI is InChI=1S/C27H26ClN5/c28-25-13-11-22(12-14-25)20-31-15-17-32(18-16-31)29-19-24-21-33(26-9-5-2-6-10-26)30-27(24)23-7-3-1-4-8-23/h1-14,19,21H,15-18,20H2/p+1/b29-19-. The molecule has 0 spiro atoms. The third-order valence-electron chi connectivity index (χ3n) is 5.98. The van der Waals surface area contributed by atoms with E-state index in [2.05, 4.69) is 47.6 Å². The molecule has 1 saturated heterocycles. The van der Waals surface area contributed by atoms with E-state index in [9.17, 15) is 0 Å². The molecular formula is C27H27ClN5+. The van der Waals surface area contributed by atoms with Gasteiger partial charge in [0.1, 0.15) is 12.2 Å². The van der Waals surface area contributed by atoms with Crippen LogP contribution in [0.25, 0.3) is 16.9 Å². The molecule has 0 bridgehead atoms. The Morgan fingerprint density at radius 3 is 2.24 bits per heavy atom. The summed E-state index contributed by atoms with van der Waals surface area (Å²) in [5.41, 5.74) is 5.41. The predicted octanol–water partition coefficient (Wildman–Crippen LogP) is 3.93. The van der Waals surface area contributed by atoms with Crippen LogP contribution in [-0.2, 0) is 6.54 Å². The Morgan fingerprint density at radius 2 is 1.55 bits per heavy atom. The van der Waals surface area contributed by atoms with Crippen LogP contribution in [0.5, 0.6) is 0 Å². The molecule has 166 valence electrons. The maximum Gasteiger partial charge on any atom is 0.103 e. The smallest absolute Gasteiger partial charge is 0.103 e. The largest absolute Gasteiger partial charge is 0.328 e. The number of nitrogens with zero attached hydrogens (tertiary/aromatic N) is 4. The van der Waals surface area contributed by atoms with Crippen molar-refractivity contribution < 1.29 is 4.90 Å². The summed E-state index contributed by atoms with van der Waals surface area (Å²) in [4.78, 5) is 1.57. The maximum atomic E-state index is 6.01. The molecule has 1 fully saturated rings. The molecule has 1 aliphatic heterocycles. The Kier molecular flexibility index (Phi) is 6.51. The average Bonchev–Trinajstić information content (AvgIpc) is 3.30. The van der Waals surface area contributed by atoms with Crippen molar-refractivity contribution in [2.75, 3.05) is 26.2 Å². The predicted molar refractivity (Wildman–Crippen MR) is 134 cm³/mol. The van der Waals surface area contributed by atoms with Crippen molar-refractivity contribution in [1.82, 2.24) is 14.8 Å². The number of hydrogen-bond acceptors (Lipinski definition) is 3. The second-order valence-corrected chi connectivity index (χ2v) is 8.77. The van der Waals surface area contributed by atoms with E-state index in [0.717, 1.165) is 60.3 Å². The Balaban J connectivity index is 1.29. The van der Waals surface area contributed by atoms with Crippen LogP contribution in [0.15, 0.2) is 96.2 Å². The number of quaternary nitrogens is 1. The highest BCUT2D eigenvalue weighted by Crippen LogP contribution is 2.22. The van der Waals surface area contributed by atoms with Crippen LogP contribution in [-0.4, -0.2) is 47.2 Å². The highest BCUT2D eigenvalue weighted by molar-refractivity contribution is 6.30. The summed E-state index contributed by atoms with van der Waals surface area (Å²) >= 11 is 6.01. The number of aromatic nitrogens is 2. The molecule has 0 unspecified atom stereocenters. The number of nitrogens with one attached hydrogen (secondary N) is 1. The minimum atomic E-state index is 0.790. The molecular weight excluding hydrogens is 430 g/mol. The molecule has 1 aromatic heterocycles. The van der Waals surface area contributed by atoms with Crippen molar-refractivity contribution >= 4 is 17.8 Å². The lowest BCUT2D eigenvalue weighted by molar-refractivity contribution is -0.918. The van der Waals surface area contributed by atoms with Crippen molar-refractivity contribution in [3.63, 3.8) is 0 Å².